The van der Waals surface area contributed by atoms with E-state index in [1.165, 1.54) is 22.2 Å². The summed E-state index contributed by atoms with van der Waals surface area (Å²) in [7, 11) is -0.358. The zero-order valence-corrected chi connectivity index (χ0v) is 22.4. The molecule has 1 fully saturated rings. The van der Waals surface area contributed by atoms with E-state index < -0.39 is 0 Å². The first-order chi connectivity index (χ1) is 16.5. The third-order valence-electron chi connectivity index (χ3n) is 8.78. The number of hydrogen-bond donors (Lipinski definition) is 0. The van der Waals surface area contributed by atoms with Crippen molar-refractivity contribution >= 4 is 18.0 Å². The Morgan fingerprint density at radius 2 is 1.66 bits per heavy atom. The van der Waals surface area contributed by atoms with Crippen LogP contribution in [-0.4, -0.2) is 23.3 Å². The van der Waals surface area contributed by atoms with Gasteiger partial charge in [-0.15, -0.1) is 0 Å². The summed E-state index contributed by atoms with van der Waals surface area (Å²) >= 11 is 0. The fourth-order valence-electron chi connectivity index (χ4n) is 6.01. The highest BCUT2D eigenvalue weighted by Gasteiger charge is 2.52. The molecule has 1 aromatic carbocycles. The normalized spacial score (nSPS) is 27.0. The van der Waals surface area contributed by atoms with Gasteiger partial charge in [-0.1, -0.05) is 81.5 Å². The van der Waals surface area contributed by atoms with E-state index in [0.717, 1.165) is 11.0 Å². The van der Waals surface area contributed by atoms with E-state index in [9.17, 15) is 0 Å². The minimum absolute atomic E-state index is 0.00483. The maximum absolute atomic E-state index is 6.33. The molecule has 2 aromatic rings. The highest BCUT2D eigenvalue weighted by atomic mass is 16.7. The van der Waals surface area contributed by atoms with E-state index in [-0.39, 0.29) is 29.7 Å². The van der Waals surface area contributed by atoms with Crippen molar-refractivity contribution in [2.24, 2.45) is 5.92 Å². The van der Waals surface area contributed by atoms with Crippen LogP contribution < -0.4 is 0 Å². The smallest absolute Gasteiger partial charge is 0.399 e. The van der Waals surface area contributed by atoms with Crippen molar-refractivity contribution in [2.75, 3.05) is 0 Å². The monoisotopic (exact) mass is 467 g/mol. The Balaban J connectivity index is 1.57. The Labute approximate surface area is 211 Å². The van der Waals surface area contributed by atoms with Crippen LogP contribution in [0.2, 0.25) is 0 Å². The van der Waals surface area contributed by atoms with Gasteiger partial charge in [-0.05, 0) is 68.6 Å². The van der Waals surface area contributed by atoms with E-state index in [1.807, 2.05) is 0 Å². The molecule has 1 aromatic heterocycles. The lowest BCUT2D eigenvalue weighted by atomic mass is 9.72. The Kier molecular flexibility index (Phi) is 5.77. The van der Waals surface area contributed by atoms with Crippen molar-refractivity contribution in [1.82, 2.24) is 4.98 Å². The Morgan fingerprint density at radius 3 is 2.34 bits per heavy atom. The molecule has 3 aliphatic rings. The topological polar surface area (TPSA) is 31.4 Å². The molecule has 3 unspecified atom stereocenters. The number of fused-ring (bicyclic) bond motifs is 4. The molecular formula is C31H38BNO2. The van der Waals surface area contributed by atoms with Crippen molar-refractivity contribution < 1.29 is 9.31 Å². The molecule has 2 aliphatic carbocycles. The van der Waals surface area contributed by atoms with E-state index in [0.29, 0.717) is 11.8 Å². The van der Waals surface area contributed by atoms with Crippen LogP contribution in [-0.2, 0) is 14.7 Å². The first-order valence-corrected chi connectivity index (χ1v) is 13.0. The fraction of sp³-hybridized carbons (Fsp3) is 0.452. The van der Waals surface area contributed by atoms with Crippen molar-refractivity contribution in [1.29, 1.82) is 0 Å². The zero-order valence-electron chi connectivity index (χ0n) is 22.4. The number of rotatable bonds is 4. The SMILES string of the molecule is C/C=C(\C=C/C(C)c1c2c(nc3ccccc13)C1C=CC=CC1C2(C)C)B1OC(C)(C)C(C)(C)O1. The fourth-order valence-corrected chi connectivity index (χ4v) is 6.01. The largest absolute Gasteiger partial charge is 0.494 e. The quantitative estimate of drug-likeness (QED) is 0.343. The number of para-hydroxylation sites is 1. The second-order valence-electron chi connectivity index (χ2n) is 11.9. The molecule has 4 heteroatoms. The predicted octanol–water partition coefficient (Wildman–Crippen LogP) is 7.59. The lowest BCUT2D eigenvalue weighted by molar-refractivity contribution is 0.00578. The van der Waals surface area contributed by atoms with Crippen LogP contribution in [0, 0.1) is 5.92 Å². The van der Waals surface area contributed by atoms with Crippen molar-refractivity contribution in [3.05, 3.63) is 89.1 Å². The summed E-state index contributed by atoms with van der Waals surface area (Å²) in [5.41, 5.74) is 5.49. The summed E-state index contributed by atoms with van der Waals surface area (Å²) in [4.78, 5) is 5.22. The van der Waals surface area contributed by atoms with Crippen LogP contribution in [0.1, 0.15) is 84.0 Å². The highest BCUT2D eigenvalue weighted by Crippen LogP contribution is 2.55. The van der Waals surface area contributed by atoms with Gasteiger partial charge in [0.25, 0.3) is 0 Å². The molecule has 3 nitrogen and oxygen atoms in total. The molecule has 0 amide bonds. The molecule has 0 radical (unpaired) electrons. The molecule has 2 heterocycles. The first kappa shape index (κ1) is 24.3. The maximum Gasteiger partial charge on any atom is 0.494 e. The molecule has 0 saturated carbocycles. The highest BCUT2D eigenvalue weighted by molar-refractivity contribution is 6.55. The summed E-state index contributed by atoms with van der Waals surface area (Å²) in [6, 6.07) is 8.61. The molecule has 182 valence electrons. The minimum atomic E-state index is -0.358. The number of allylic oxidation sites excluding steroid dienone is 8. The van der Waals surface area contributed by atoms with Crippen LogP contribution in [0.4, 0.5) is 0 Å². The van der Waals surface area contributed by atoms with Gasteiger partial charge in [-0.2, -0.15) is 0 Å². The Bertz CT molecular complexity index is 1260. The van der Waals surface area contributed by atoms with Gasteiger partial charge in [0.1, 0.15) is 0 Å². The summed E-state index contributed by atoms with van der Waals surface area (Å²) in [5, 5.41) is 1.25. The molecule has 5 rings (SSSR count). The molecule has 0 spiro atoms. The molecule has 3 atom stereocenters. The van der Waals surface area contributed by atoms with E-state index in [1.54, 1.807) is 0 Å². The minimum Gasteiger partial charge on any atom is -0.399 e. The lowest BCUT2D eigenvalue weighted by Gasteiger charge is -2.32. The van der Waals surface area contributed by atoms with Crippen molar-refractivity contribution in [2.45, 2.75) is 83.8 Å². The summed E-state index contributed by atoms with van der Waals surface area (Å²) in [6.45, 7) is 17.5. The van der Waals surface area contributed by atoms with Gasteiger partial charge >= 0.3 is 7.12 Å². The van der Waals surface area contributed by atoms with Crippen LogP contribution in [0.15, 0.2) is 72.3 Å². The van der Waals surface area contributed by atoms with E-state index >= 15 is 0 Å². The Hall–Kier alpha value is -2.43. The van der Waals surface area contributed by atoms with Gasteiger partial charge in [-0.3, -0.25) is 4.98 Å². The molecule has 1 aliphatic heterocycles. The number of pyridine rings is 1. The third kappa shape index (κ3) is 3.77. The van der Waals surface area contributed by atoms with Crippen molar-refractivity contribution in [3.8, 4) is 0 Å². The number of aromatic nitrogens is 1. The molecule has 1 saturated heterocycles. The maximum atomic E-state index is 6.33. The summed E-state index contributed by atoms with van der Waals surface area (Å²) in [5.74, 6) is 0.972. The summed E-state index contributed by atoms with van der Waals surface area (Å²) in [6.07, 6.45) is 15.7. The van der Waals surface area contributed by atoms with Crippen LogP contribution >= 0.6 is 0 Å². The standard InChI is InChI=1S/C31H38BNO2/c1-9-21(32-34-30(5,6)31(7,8)35-32)19-18-20(2)26-23-15-11-13-17-25(23)33-28-22-14-10-12-16-24(22)29(3,4)27(26)28/h9-20,22,24H,1-8H3/b19-18-,21-9+. The van der Waals surface area contributed by atoms with Crippen LogP contribution in [0.25, 0.3) is 10.9 Å². The van der Waals surface area contributed by atoms with Crippen LogP contribution in [0.3, 0.4) is 0 Å². The van der Waals surface area contributed by atoms with Gasteiger partial charge in [0.15, 0.2) is 0 Å². The Morgan fingerprint density at radius 1 is 1.00 bits per heavy atom. The van der Waals surface area contributed by atoms with Crippen LogP contribution in [0.5, 0.6) is 0 Å². The molecule has 35 heavy (non-hydrogen) atoms. The zero-order chi connectivity index (χ0) is 25.2. The number of hydrogen-bond acceptors (Lipinski definition) is 3. The molecule has 0 bridgehead atoms. The average molecular weight is 467 g/mol. The summed E-state index contributed by atoms with van der Waals surface area (Å²) < 4.78 is 12.7. The number of benzene rings is 1. The van der Waals surface area contributed by atoms with Crippen molar-refractivity contribution in [3.63, 3.8) is 0 Å². The lowest BCUT2D eigenvalue weighted by Crippen LogP contribution is -2.41. The number of nitrogens with zero attached hydrogens (tertiary/aromatic N) is 1. The van der Waals surface area contributed by atoms with Gasteiger partial charge in [0.2, 0.25) is 0 Å². The van der Waals surface area contributed by atoms with E-state index in [4.69, 9.17) is 14.3 Å². The second-order valence-corrected chi connectivity index (χ2v) is 11.9. The molecule has 0 N–H and O–H groups in total. The second kappa shape index (κ2) is 8.32. The van der Waals surface area contributed by atoms with Gasteiger partial charge < -0.3 is 9.31 Å². The predicted molar refractivity (Wildman–Crippen MR) is 147 cm³/mol. The van der Waals surface area contributed by atoms with Gasteiger partial charge in [-0.25, -0.2) is 0 Å². The van der Waals surface area contributed by atoms with E-state index in [2.05, 4.69) is 122 Å². The first-order valence-electron chi connectivity index (χ1n) is 13.0. The molecular weight excluding hydrogens is 429 g/mol. The van der Waals surface area contributed by atoms with Gasteiger partial charge in [0, 0.05) is 17.2 Å². The third-order valence-corrected chi connectivity index (χ3v) is 8.78. The average Bonchev–Trinajstić information content (AvgIpc) is 3.17. The van der Waals surface area contributed by atoms with Gasteiger partial charge in [0.05, 0.1) is 22.4 Å².